The van der Waals surface area contributed by atoms with Crippen LogP contribution in [0.4, 0.5) is 0 Å². The van der Waals surface area contributed by atoms with Gasteiger partial charge in [-0.15, -0.1) is 0 Å². The van der Waals surface area contributed by atoms with Crippen LogP contribution in [0.2, 0.25) is 0 Å². The van der Waals surface area contributed by atoms with Crippen molar-refractivity contribution in [1.29, 1.82) is 0 Å². The molecule has 3 rings (SSSR count). The zero-order valence-electron chi connectivity index (χ0n) is 18.6. The molecule has 0 fully saturated rings. The fourth-order valence-electron chi connectivity index (χ4n) is 3.79. The van der Waals surface area contributed by atoms with E-state index in [9.17, 15) is 13.2 Å². The Labute approximate surface area is 183 Å². The maximum atomic E-state index is 13.5. The Kier molecular flexibility index (Phi) is 6.65. The van der Waals surface area contributed by atoms with Gasteiger partial charge < -0.3 is 4.74 Å². The highest BCUT2D eigenvalue weighted by atomic mass is 32.2. The Hall–Kier alpha value is -2.93. The van der Waals surface area contributed by atoms with E-state index in [2.05, 4.69) is 5.10 Å². The molecule has 31 heavy (non-hydrogen) atoms. The largest absolute Gasteiger partial charge is 0.472 e. The number of hydrogen-bond donors (Lipinski definition) is 0. The summed E-state index contributed by atoms with van der Waals surface area (Å²) in [6.45, 7) is 8.21. The molecule has 3 aromatic rings. The molecule has 164 valence electrons. The minimum atomic E-state index is -3.40. The molecule has 0 bridgehead atoms. The zero-order chi connectivity index (χ0) is 22.8. The maximum absolute atomic E-state index is 13.5. The smallest absolute Gasteiger partial charge is 0.223 e. The van der Waals surface area contributed by atoms with Crippen molar-refractivity contribution < 1.29 is 17.9 Å². The molecule has 7 heteroatoms. The van der Waals surface area contributed by atoms with E-state index in [0.717, 1.165) is 12.0 Å². The van der Waals surface area contributed by atoms with Crippen molar-refractivity contribution in [3.8, 4) is 5.88 Å². The lowest BCUT2D eigenvalue weighted by Crippen LogP contribution is -2.12. The second-order valence-corrected chi connectivity index (χ2v) is 9.73. The van der Waals surface area contributed by atoms with Gasteiger partial charge in [-0.2, -0.15) is 5.10 Å². The lowest BCUT2D eigenvalue weighted by molar-refractivity contribution is 0.103. The van der Waals surface area contributed by atoms with Crippen LogP contribution in [0.25, 0.3) is 0 Å². The third-order valence-electron chi connectivity index (χ3n) is 5.33. The van der Waals surface area contributed by atoms with Gasteiger partial charge in [0.05, 0.1) is 11.1 Å². The predicted octanol–water partition coefficient (Wildman–Crippen LogP) is 4.43. The van der Waals surface area contributed by atoms with Gasteiger partial charge in [-0.05, 0) is 55.5 Å². The van der Waals surface area contributed by atoms with Gasteiger partial charge in [-0.1, -0.05) is 37.3 Å². The second kappa shape index (κ2) is 9.06. The first kappa shape index (κ1) is 22.7. The molecule has 0 aliphatic heterocycles. The summed E-state index contributed by atoms with van der Waals surface area (Å²) in [6.07, 6.45) is 3.57. The summed E-state index contributed by atoms with van der Waals surface area (Å²) in [5.41, 5.74) is 3.63. The first-order valence-electron chi connectivity index (χ1n) is 10.2. The summed E-state index contributed by atoms with van der Waals surface area (Å²) >= 11 is 0. The van der Waals surface area contributed by atoms with E-state index in [0.29, 0.717) is 46.8 Å². The monoisotopic (exact) mass is 440 g/mol. The Morgan fingerprint density at radius 2 is 1.74 bits per heavy atom. The summed E-state index contributed by atoms with van der Waals surface area (Å²) < 4.78 is 32.2. The number of rotatable bonds is 8. The Morgan fingerprint density at radius 1 is 1.06 bits per heavy atom. The van der Waals surface area contributed by atoms with E-state index in [-0.39, 0.29) is 10.7 Å². The molecule has 1 aromatic heterocycles. The molecule has 0 saturated heterocycles. The molecule has 0 spiro atoms. The van der Waals surface area contributed by atoms with Crippen LogP contribution >= 0.6 is 0 Å². The van der Waals surface area contributed by atoms with Crippen LogP contribution in [0.15, 0.2) is 47.5 Å². The van der Waals surface area contributed by atoms with Gasteiger partial charge >= 0.3 is 0 Å². The van der Waals surface area contributed by atoms with Crippen LogP contribution in [-0.4, -0.2) is 30.2 Å². The van der Waals surface area contributed by atoms with Crippen molar-refractivity contribution in [3.63, 3.8) is 0 Å². The van der Waals surface area contributed by atoms with Crippen LogP contribution in [0.3, 0.4) is 0 Å². The van der Waals surface area contributed by atoms with Gasteiger partial charge in [-0.3, -0.25) is 4.79 Å². The summed E-state index contributed by atoms with van der Waals surface area (Å²) in [6, 6.07) is 11.4. The SMILES string of the molecule is CCCn1ncc(C(=O)c2cc(C)c(S(C)(=O)=O)c(C)c2C)c1OCc1ccccc1. The summed E-state index contributed by atoms with van der Waals surface area (Å²) in [4.78, 5) is 13.8. The fraction of sp³-hybridized carbons (Fsp3) is 0.333. The minimum absolute atomic E-state index is 0.228. The summed E-state index contributed by atoms with van der Waals surface area (Å²) in [7, 11) is -3.40. The highest BCUT2D eigenvalue weighted by Gasteiger charge is 2.25. The molecule has 2 aromatic carbocycles. The van der Waals surface area contributed by atoms with Gasteiger partial charge in [-0.25, -0.2) is 13.1 Å². The standard InChI is InChI=1S/C24H28N2O4S/c1-6-12-26-24(30-15-19-10-8-7-9-11-19)21(14-25-26)22(27)20-13-16(2)23(31(5,28)29)18(4)17(20)3/h7-11,13-14H,6,12,15H2,1-5H3. The number of sulfone groups is 1. The Bertz CT molecular complexity index is 1210. The quantitative estimate of drug-likeness (QED) is 0.484. The average molecular weight is 441 g/mol. The molecule has 6 nitrogen and oxygen atoms in total. The minimum Gasteiger partial charge on any atom is -0.472 e. The number of aromatic nitrogens is 2. The summed E-state index contributed by atoms with van der Waals surface area (Å²) in [5.74, 6) is 0.201. The van der Waals surface area contributed by atoms with E-state index in [4.69, 9.17) is 4.74 Å². The zero-order valence-corrected chi connectivity index (χ0v) is 19.4. The third kappa shape index (κ3) is 4.71. The van der Waals surface area contributed by atoms with E-state index < -0.39 is 9.84 Å². The fourth-order valence-corrected chi connectivity index (χ4v) is 5.14. The van der Waals surface area contributed by atoms with E-state index in [1.54, 1.807) is 31.5 Å². The number of carbonyl (C=O) groups is 1. The number of ketones is 1. The van der Waals surface area contributed by atoms with Crippen molar-refractivity contribution in [2.75, 3.05) is 6.26 Å². The van der Waals surface area contributed by atoms with Gasteiger partial charge in [0.25, 0.3) is 0 Å². The van der Waals surface area contributed by atoms with Crippen molar-refractivity contribution in [2.45, 2.75) is 52.2 Å². The molecule has 0 amide bonds. The number of carbonyl (C=O) groups excluding carboxylic acids is 1. The van der Waals surface area contributed by atoms with Gasteiger partial charge in [0.2, 0.25) is 5.88 Å². The Morgan fingerprint density at radius 3 is 2.35 bits per heavy atom. The number of nitrogens with zero attached hydrogens (tertiary/aromatic N) is 2. The lowest BCUT2D eigenvalue weighted by Gasteiger charge is -2.16. The first-order valence-corrected chi connectivity index (χ1v) is 12.1. The van der Waals surface area contributed by atoms with Crippen LogP contribution in [0.5, 0.6) is 5.88 Å². The van der Waals surface area contributed by atoms with Crippen molar-refractivity contribution in [3.05, 3.63) is 76.0 Å². The van der Waals surface area contributed by atoms with Gasteiger partial charge in [0, 0.05) is 18.4 Å². The molecule has 0 atom stereocenters. The van der Waals surface area contributed by atoms with Crippen molar-refractivity contribution >= 4 is 15.6 Å². The van der Waals surface area contributed by atoms with E-state index >= 15 is 0 Å². The van der Waals surface area contributed by atoms with Crippen LogP contribution in [0, 0.1) is 20.8 Å². The molecular weight excluding hydrogens is 412 g/mol. The predicted molar refractivity (Wildman–Crippen MR) is 120 cm³/mol. The molecule has 1 heterocycles. The van der Waals surface area contributed by atoms with Gasteiger partial charge in [0.15, 0.2) is 15.6 Å². The number of aryl methyl sites for hydroxylation is 2. The average Bonchev–Trinajstić information content (AvgIpc) is 3.11. The van der Waals surface area contributed by atoms with Crippen LogP contribution in [-0.2, 0) is 23.0 Å². The molecule has 0 unspecified atom stereocenters. The van der Waals surface area contributed by atoms with Crippen LogP contribution < -0.4 is 4.74 Å². The molecule has 0 N–H and O–H groups in total. The molecular formula is C24H28N2O4S. The third-order valence-corrected chi connectivity index (χ3v) is 6.70. The van der Waals surface area contributed by atoms with Crippen molar-refractivity contribution in [2.24, 2.45) is 0 Å². The van der Waals surface area contributed by atoms with Crippen molar-refractivity contribution in [1.82, 2.24) is 9.78 Å². The maximum Gasteiger partial charge on any atom is 0.223 e. The topological polar surface area (TPSA) is 78.3 Å². The van der Waals surface area contributed by atoms with E-state index in [1.807, 2.05) is 37.3 Å². The molecule has 0 saturated carbocycles. The number of hydrogen-bond acceptors (Lipinski definition) is 5. The normalized spacial score (nSPS) is 11.5. The number of benzene rings is 2. The number of ether oxygens (including phenoxy) is 1. The van der Waals surface area contributed by atoms with Crippen LogP contribution in [0.1, 0.15) is 51.5 Å². The highest BCUT2D eigenvalue weighted by molar-refractivity contribution is 7.90. The lowest BCUT2D eigenvalue weighted by atomic mass is 9.95. The summed E-state index contributed by atoms with van der Waals surface area (Å²) in [5, 5.41) is 4.37. The molecule has 0 aliphatic carbocycles. The first-order chi connectivity index (χ1) is 14.6. The second-order valence-electron chi connectivity index (χ2n) is 7.78. The highest BCUT2D eigenvalue weighted by Crippen LogP contribution is 2.30. The van der Waals surface area contributed by atoms with E-state index in [1.165, 1.54) is 12.5 Å². The molecule has 0 aliphatic rings. The molecule has 0 radical (unpaired) electrons. The Balaban J connectivity index is 2.04. The van der Waals surface area contributed by atoms with Gasteiger partial charge in [0.1, 0.15) is 12.2 Å².